The zero-order chi connectivity index (χ0) is 27.5. The van der Waals surface area contributed by atoms with E-state index < -0.39 is 27.3 Å². The van der Waals surface area contributed by atoms with Crippen LogP contribution in [0.2, 0.25) is 0 Å². The third-order valence-corrected chi connectivity index (χ3v) is 8.69. The third kappa shape index (κ3) is 4.99. The van der Waals surface area contributed by atoms with Crippen molar-refractivity contribution in [3.8, 4) is 17.0 Å². The van der Waals surface area contributed by atoms with Crippen LogP contribution in [0.1, 0.15) is 82.3 Å². The van der Waals surface area contributed by atoms with Crippen molar-refractivity contribution in [1.29, 1.82) is 0 Å². The Balaban J connectivity index is 1.48. The number of nitrogens with zero attached hydrogens (tertiary/aromatic N) is 2. The molecule has 0 unspecified atom stereocenters. The Labute approximate surface area is 220 Å². The lowest BCUT2D eigenvalue weighted by Crippen LogP contribution is -2.36. The number of alkyl halides is 3. The fourth-order valence-corrected chi connectivity index (χ4v) is 6.57. The Bertz CT molecular complexity index is 1340. The molecule has 2 fully saturated rings. The van der Waals surface area contributed by atoms with Gasteiger partial charge in [-0.05, 0) is 82.4 Å². The average Bonchev–Trinajstić information content (AvgIpc) is 3.59. The number of H-pyrrole nitrogens is 1. The van der Waals surface area contributed by atoms with Gasteiger partial charge in [-0.15, -0.1) is 0 Å². The van der Waals surface area contributed by atoms with Crippen LogP contribution in [0.5, 0.6) is 5.75 Å². The van der Waals surface area contributed by atoms with Gasteiger partial charge in [-0.25, -0.2) is 9.78 Å². The van der Waals surface area contributed by atoms with Crippen molar-refractivity contribution in [1.82, 2.24) is 14.9 Å². The van der Waals surface area contributed by atoms with Gasteiger partial charge >= 0.3 is 21.7 Å². The molecule has 1 spiro atoms. The number of hydrogen-bond acceptors (Lipinski definition) is 6. The van der Waals surface area contributed by atoms with E-state index in [4.69, 9.17) is 4.74 Å². The summed E-state index contributed by atoms with van der Waals surface area (Å²) in [6, 6.07) is 2.60. The molecule has 2 aliphatic carbocycles. The molecule has 208 valence electrons. The molecule has 1 atom stereocenters. The van der Waals surface area contributed by atoms with Crippen LogP contribution in [0, 0.1) is 5.41 Å². The quantitative estimate of drug-likeness (QED) is 0.365. The van der Waals surface area contributed by atoms with Crippen LogP contribution in [-0.2, 0) is 27.7 Å². The molecule has 3 aliphatic rings. The first kappa shape index (κ1) is 26.8. The van der Waals surface area contributed by atoms with E-state index >= 15 is 0 Å². The number of carbonyl (C=O) groups is 1. The van der Waals surface area contributed by atoms with E-state index in [1.165, 1.54) is 6.07 Å². The van der Waals surface area contributed by atoms with Crippen LogP contribution < -0.4 is 4.18 Å². The van der Waals surface area contributed by atoms with Gasteiger partial charge < -0.3 is 13.9 Å². The van der Waals surface area contributed by atoms with Crippen LogP contribution in [0.4, 0.5) is 18.0 Å². The summed E-state index contributed by atoms with van der Waals surface area (Å²) in [7, 11) is -5.79. The van der Waals surface area contributed by atoms with Crippen molar-refractivity contribution in [3.63, 3.8) is 0 Å². The number of benzene rings is 1. The highest BCUT2D eigenvalue weighted by atomic mass is 32.2. The van der Waals surface area contributed by atoms with E-state index in [1.807, 2.05) is 20.8 Å². The molecule has 1 aromatic heterocycles. The Morgan fingerprint density at radius 2 is 1.79 bits per heavy atom. The fourth-order valence-electron chi connectivity index (χ4n) is 6.09. The predicted molar refractivity (Wildman–Crippen MR) is 133 cm³/mol. The number of carbonyl (C=O) groups excluding carboxylic acids is 1. The van der Waals surface area contributed by atoms with Gasteiger partial charge in [0, 0.05) is 17.7 Å². The SMILES string of the molecule is CC(C)(C)OC(=O)N1CCC[C@H]1c1ncc(-c2ccc(OS(=O)(=O)C(F)(F)F)c3c2CC2(CCCC2)C3)[nH]1. The number of aromatic amines is 1. The molecule has 38 heavy (non-hydrogen) atoms. The second kappa shape index (κ2) is 9.17. The lowest BCUT2D eigenvalue weighted by Gasteiger charge is -2.27. The molecule has 5 rings (SSSR count). The first-order valence-electron chi connectivity index (χ1n) is 12.9. The number of aromatic nitrogens is 2. The Kier molecular flexibility index (Phi) is 6.47. The zero-order valence-electron chi connectivity index (χ0n) is 21.7. The first-order chi connectivity index (χ1) is 17.7. The molecular weight excluding hydrogens is 523 g/mol. The van der Waals surface area contributed by atoms with Gasteiger partial charge in [-0.1, -0.05) is 12.8 Å². The minimum Gasteiger partial charge on any atom is -0.444 e. The normalized spacial score (nSPS) is 21.2. The van der Waals surface area contributed by atoms with Gasteiger partial charge in [0.25, 0.3) is 0 Å². The summed E-state index contributed by atoms with van der Waals surface area (Å²) in [5.74, 6) is 0.335. The van der Waals surface area contributed by atoms with E-state index in [1.54, 1.807) is 17.2 Å². The Hall–Kier alpha value is -2.76. The fraction of sp³-hybridized carbons (Fsp3) is 0.615. The minimum atomic E-state index is -5.79. The number of rotatable bonds is 4. The highest BCUT2D eigenvalue weighted by molar-refractivity contribution is 7.88. The number of ether oxygens (including phenoxy) is 1. The second-order valence-corrected chi connectivity index (χ2v) is 13.2. The van der Waals surface area contributed by atoms with Crippen molar-refractivity contribution in [2.24, 2.45) is 5.41 Å². The summed E-state index contributed by atoms with van der Waals surface area (Å²) in [6.07, 6.45) is 7.76. The van der Waals surface area contributed by atoms with Gasteiger partial charge in [-0.3, -0.25) is 4.90 Å². The largest absolute Gasteiger partial charge is 0.534 e. The molecular formula is C26H32F3N3O5S. The molecule has 1 N–H and O–H groups in total. The van der Waals surface area contributed by atoms with E-state index in [9.17, 15) is 26.4 Å². The van der Waals surface area contributed by atoms with Gasteiger partial charge in [-0.2, -0.15) is 21.6 Å². The van der Waals surface area contributed by atoms with E-state index in [-0.39, 0.29) is 17.2 Å². The monoisotopic (exact) mass is 555 g/mol. The van der Waals surface area contributed by atoms with Crippen molar-refractivity contribution >= 4 is 16.2 Å². The molecule has 8 nitrogen and oxygen atoms in total. The smallest absolute Gasteiger partial charge is 0.444 e. The first-order valence-corrected chi connectivity index (χ1v) is 14.3. The van der Waals surface area contributed by atoms with Gasteiger partial charge in [0.2, 0.25) is 0 Å². The average molecular weight is 556 g/mol. The summed E-state index contributed by atoms with van der Waals surface area (Å²) >= 11 is 0. The molecule has 2 heterocycles. The summed E-state index contributed by atoms with van der Waals surface area (Å²) in [4.78, 5) is 22.3. The van der Waals surface area contributed by atoms with E-state index in [2.05, 4.69) is 14.2 Å². The van der Waals surface area contributed by atoms with Gasteiger partial charge in [0.15, 0.2) is 0 Å². The van der Waals surface area contributed by atoms with Crippen molar-refractivity contribution < 1.29 is 35.3 Å². The lowest BCUT2D eigenvalue weighted by molar-refractivity contribution is -0.0500. The van der Waals surface area contributed by atoms with Crippen molar-refractivity contribution in [3.05, 3.63) is 35.3 Å². The highest BCUT2D eigenvalue weighted by Gasteiger charge is 2.50. The van der Waals surface area contributed by atoms with Crippen molar-refractivity contribution in [2.75, 3.05) is 6.54 Å². The van der Waals surface area contributed by atoms with Crippen LogP contribution in [-0.4, -0.2) is 47.0 Å². The number of fused-ring (bicyclic) bond motifs is 1. The topological polar surface area (TPSA) is 102 Å². The maximum atomic E-state index is 13.1. The minimum absolute atomic E-state index is 0.111. The van der Waals surface area contributed by atoms with Crippen LogP contribution in [0.15, 0.2) is 18.3 Å². The second-order valence-electron chi connectivity index (χ2n) is 11.6. The van der Waals surface area contributed by atoms with Crippen LogP contribution in [0.3, 0.4) is 0 Å². The van der Waals surface area contributed by atoms with E-state index in [0.717, 1.165) is 49.7 Å². The molecule has 1 aliphatic heterocycles. The number of hydrogen-bond donors (Lipinski definition) is 1. The molecule has 0 bridgehead atoms. The molecule has 1 saturated heterocycles. The zero-order valence-corrected chi connectivity index (χ0v) is 22.5. The molecule has 1 saturated carbocycles. The molecule has 0 radical (unpaired) electrons. The molecule has 2 aromatic rings. The standard InChI is InChI=1S/C26H32F3N3O5S/c1-24(2,3)36-23(33)32-12-6-7-20(32)22-30-15-19(31-22)16-8-9-21(37-38(34,35)26(27,28)29)18-14-25(13-17(16)18)10-4-5-11-25/h8-9,15,20H,4-7,10-14H2,1-3H3,(H,30,31)/t20-/m0/s1. The molecule has 1 aromatic carbocycles. The molecule has 12 heteroatoms. The maximum Gasteiger partial charge on any atom is 0.534 e. The Morgan fingerprint density at radius 3 is 2.45 bits per heavy atom. The number of imidazole rings is 1. The highest BCUT2D eigenvalue weighted by Crippen LogP contribution is 2.53. The number of nitrogens with one attached hydrogen (secondary N) is 1. The lowest BCUT2D eigenvalue weighted by atomic mass is 9.83. The van der Waals surface area contributed by atoms with E-state index in [0.29, 0.717) is 36.5 Å². The van der Waals surface area contributed by atoms with Crippen molar-refractivity contribution in [2.45, 2.75) is 89.3 Å². The predicted octanol–water partition coefficient (Wildman–Crippen LogP) is 6.04. The summed E-state index contributed by atoms with van der Waals surface area (Å²) < 4.78 is 73.0. The van der Waals surface area contributed by atoms with Crippen LogP contribution >= 0.6 is 0 Å². The number of likely N-dealkylation sites (tertiary alicyclic amines) is 1. The summed E-state index contributed by atoms with van der Waals surface area (Å²) in [6.45, 7) is 5.98. The summed E-state index contributed by atoms with van der Waals surface area (Å²) in [5.41, 5.74) is -3.55. The third-order valence-electron chi connectivity index (χ3n) is 7.72. The summed E-state index contributed by atoms with van der Waals surface area (Å²) in [5, 5.41) is 0. The number of halogens is 3. The molecule has 1 amide bonds. The maximum absolute atomic E-state index is 13.1. The van der Waals surface area contributed by atoms with Gasteiger partial charge in [0.05, 0.1) is 17.9 Å². The van der Waals surface area contributed by atoms with Gasteiger partial charge in [0.1, 0.15) is 17.2 Å². The van der Waals surface area contributed by atoms with Crippen LogP contribution in [0.25, 0.3) is 11.3 Å². The Morgan fingerprint density at radius 1 is 1.11 bits per heavy atom. The number of amides is 1.